The molecule has 0 unspecified atom stereocenters. The first kappa shape index (κ1) is 17.5. The van der Waals surface area contributed by atoms with Gasteiger partial charge in [0, 0.05) is 24.8 Å². The third-order valence-electron chi connectivity index (χ3n) is 5.10. The van der Waals surface area contributed by atoms with Gasteiger partial charge < -0.3 is 10.2 Å². The molecule has 3 nitrogen and oxygen atoms in total. The zero-order chi connectivity index (χ0) is 17.8. The van der Waals surface area contributed by atoms with Crippen LogP contribution in [0.2, 0.25) is 0 Å². The second-order valence-corrected chi connectivity index (χ2v) is 7.19. The summed E-state index contributed by atoms with van der Waals surface area (Å²) in [6.45, 7) is 8.14. The number of benzene rings is 2. The van der Waals surface area contributed by atoms with Crippen LogP contribution in [0.3, 0.4) is 0 Å². The van der Waals surface area contributed by atoms with Crippen LogP contribution in [-0.4, -0.2) is 25.0 Å². The number of hydrogen-bond donors (Lipinski definition) is 1. The smallest absolute Gasteiger partial charge is 0.224 e. The van der Waals surface area contributed by atoms with Gasteiger partial charge in [0.25, 0.3) is 0 Å². The van der Waals surface area contributed by atoms with E-state index in [1.54, 1.807) is 0 Å². The standard InChI is InChI=1S/C22H28N2O/c1-16-9-10-19(17(2)13-16)15-22(25)23-11-6-12-24-18(3)14-20-7-4-5-8-21(20)24/h4-5,7-10,13,18H,6,11-12,14-15H2,1-3H3,(H,23,25)/t18-/m1/s1. The van der Waals surface area contributed by atoms with Gasteiger partial charge in [0.05, 0.1) is 6.42 Å². The highest BCUT2D eigenvalue weighted by Crippen LogP contribution is 2.31. The average Bonchev–Trinajstić information content (AvgIpc) is 2.90. The zero-order valence-corrected chi connectivity index (χ0v) is 15.5. The Labute approximate surface area is 151 Å². The molecule has 1 atom stereocenters. The Kier molecular flexibility index (Phi) is 5.42. The maximum atomic E-state index is 12.2. The number of rotatable bonds is 6. The maximum Gasteiger partial charge on any atom is 0.224 e. The molecule has 0 spiro atoms. The van der Waals surface area contributed by atoms with E-state index in [0.29, 0.717) is 12.5 Å². The molecule has 2 aromatic carbocycles. The molecule has 132 valence electrons. The summed E-state index contributed by atoms with van der Waals surface area (Å²) in [7, 11) is 0. The van der Waals surface area contributed by atoms with Crippen LogP contribution in [0.25, 0.3) is 0 Å². The molecule has 1 aliphatic rings. The molecule has 0 aromatic heterocycles. The summed E-state index contributed by atoms with van der Waals surface area (Å²) in [5, 5.41) is 3.07. The molecule has 0 saturated carbocycles. The van der Waals surface area contributed by atoms with Crippen LogP contribution in [0.15, 0.2) is 42.5 Å². The lowest BCUT2D eigenvalue weighted by Gasteiger charge is -2.25. The fourth-order valence-electron chi connectivity index (χ4n) is 3.73. The van der Waals surface area contributed by atoms with E-state index >= 15 is 0 Å². The fourth-order valence-corrected chi connectivity index (χ4v) is 3.73. The Morgan fingerprint density at radius 1 is 1.20 bits per heavy atom. The Balaban J connectivity index is 1.45. The van der Waals surface area contributed by atoms with Gasteiger partial charge in [-0.25, -0.2) is 0 Å². The molecule has 2 aromatic rings. The highest BCUT2D eigenvalue weighted by Gasteiger charge is 2.24. The van der Waals surface area contributed by atoms with Gasteiger partial charge in [-0.2, -0.15) is 0 Å². The minimum absolute atomic E-state index is 0.113. The zero-order valence-electron chi connectivity index (χ0n) is 15.5. The molecule has 1 aliphatic heterocycles. The van der Waals surface area contributed by atoms with E-state index in [4.69, 9.17) is 0 Å². The van der Waals surface area contributed by atoms with Crippen LogP contribution in [0.1, 0.15) is 35.6 Å². The molecule has 25 heavy (non-hydrogen) atoms. The van der Waals surface area contributed by atoms with Gasteiger partial charge in [0.1, 0.15) is 0 Å². The molecule has 1 heterocycles. The summed E-state index contributed by atoms with van der Waals surface area (Å²) in [4.78, 5) is 14.6. The van der Waals surface area contributed by atoms with Crippen molar-refractivity contribution in [1.82, 2.24) is 5.32 Å². The van der Waals surface area contributed by atoms with Gasteiger partial charge in [0.2, 0.25) is 5.91 Å². The minimum Gasteiger partial charge on any atom is -0.368 e. The molecule has 1 amide bonds. The van der Waals surface area contributed by atoms with Crippen molar-refractivity contribution in [3.63, 3.8) is 0 Å². The predicted molar refractivity (Wildman–Crippen MR) is 104 cm³/mol. The molecular weight excluding hydrogens is 308 g/mol. The number of fused-ring (bicyclic) bond motifs is 1. The second-order valence-electron chi connectivity index (χ2n) is 7.19. The van der Waals surface area contributed by atoms with Gasteiger partial charge in [-0.05, 0) is 56.4 Å². The molecule has 0 bridgehead atoms. The number of hydrogen-bond acceptors (Lipinski definition) is 2. The first-order valence-electron chi connectivity index (χ1n) is 9.22. The SMILES string of the molecule is Cc1ccc(CC(=O)NCCCN2c3ccccc3C[C@H]2C)c(C)c1. The summed E-state index contributed by atoms with van der Waals surface area (Å²) in [6, 6.07) is 15.5. The third kappa shape index (κ3) is 4.22. The fraction of sp³-hybridized carbons (Fsp3) is 0.409. The highest BCUT2D eigenvalue weighted by atomic mass is 16.1. The van der Waals surface area contributed by atoms with E-state index in [9.17, 15) is 4.79 Å². The normalized spacial score (nSPS) is 16.0. The molecule has 0 fully saturated rings. The topological polar surface area (TPSA) is 32.3 Å². The van der Waals surface area contributed by atoms with Gasteiger partial charge in [-0.15, -0.1) is 0 Å². The lowest BCUT2D eigenvalue weighted by Crippen LogP contribution is -2.33. The van der Waals surface area contributed by atoms with Gasteiger partial charge in [0.15, 0.2) is 0 Å². The van der Waals surface area contributed by atoms with Gasteiger partial charge >= 0.3 is 0 Å². The van der Waals surface area contributed by atoms with E-state index in [-0.39, 0.29) is 5.91 Å². The van der Waals surface area contributed by atoms with Gasteiger partial charge in [-0.3, -0.25) is 4.79 Å². The maximum absolute atomic E-state index is 12.2. The Bertz CT molecular complexity index is 753. The number of amides is 1. The number of para-hydroxylation sites is 1. The molecule has 0 aliphatic carbocycles. The van der Waals surface area contributed by atoms with E-state index < -0.39 is 0 Å². The highest BCUT2D eigenvalue weighted by molar-refractivity contribution is 5.78. The van der Waals surface area contributed by atoms with E-state index in [1.165, 1.54) is 22.4 Å². The number of carbonyl (C=O) groups is 1. The van der Waals surface area contributed by atoms with Crippen LogP contribution in [0.4, 0.5) is 5.69 Å². The molecule has 3 rings (SSSR count). The Hall–Kier alpha value is -2.29. The number of nitrogens with one attached hydrogen (secondary N) is 1. The van der Waals surface area contributed by atoms with Gasteiger partial charge in [-0.1, -0.05) is 42.0 Å². The van der Waals surface area contributed by atoms with Crippen LogP contribution in [-0.2, 0) is 17.6 Å². The number of anilines is 1. The number of nitrogens with zero attached hydrogens (tertiary/aromatic N) is 1. The van der Waals surface area contributed by atoms with E-state index in [2.05, 4.69) is 73.5 Å². The first-order chi connectivity index (χ1) is 12.0. The van der Waals surface area contributed by atoms with Crippen LogP contribution < -0.4 is 10.2 Å². The largest absolute Gasteiger partial charge is 0.368 e. The average molecular weight is 336 g/mol. The molecule has 0 radical (unpaired) electrons. The van der Waals surface area contributed by atoms with Crippen molar-refractivity contribution in [3.05, 3.63) is 64.7 Å². The van der Waals surface area contributed by atoms with Crippen molar-refractivity contribution in [3.8, 4) is 0 Å². The lowest BCUT2D eigenvalue weighted by molar-refractivity contribution is -0.120. The van der Waals surface area contributed by atoms with Crippen molar-refractivity contribution in [1.29, 1.82) is 0 Å². The molecule has 1 N–H and O–H groups in total. The number of aryl methyl sites for hydroxylation is 2. The first-order valence-corrected chi connectivity index (χ1v) is 9.22. The summed E-state index contributed by atoms with van der Waals surface area (Å²) >= 11 is 0. The van der Waals surface area contributed by atoms with E-state index in [1.807, 2.05) is 0 Å². The summed E-state index contributed by atoms with van der Waals surface area (Å²) in [5.74, 6) is 0.113. The number of carbonyl (C=O) groups excluding carboxylic acids is 1. The predicted octanol–water partition coefficient (Wildman–Crippen LogP) is 3.80. The monoisotopic (exact) mass is 336 g/mol. The van der Waals surface area contributed by atoms with Crippen molar-refractivity contribution < 1.29 is 4.79 Å². The molecule has 0 saturated heterocycles. The quantitative estimate of drug-likeness (QED) is 0.814. The molecular formula is C22H28N2O. The summed E-state index contributed by atoms with van der Waals surface area (Å²) in [6.07, 6.45) is 2.56. The Morgan fingerprint density at radius 3 is 2.80 bits per heavy atom. The van der Waals surface area contributed by atoms with Crippen LogP contribution in [0.5, 0.6) is 0 Å². The molecule has 3 heteroatoms. The van der Waals surface area contributed by atoms with Crippen molar-refractivity contribution in [2.24, 2.45) is 0 Å². The summed E-state index contributed by atoms with van der Waals surface area (Å²) in [5.41, 5.74) is 6.34. The van der Waals surface area contributed by atoms with Crippen LogP contribution >= 0.6 is 0 Å². The Morgan fingerprint density at radius 2 is 2.00 bits per heavy atom. The van der Waals surface area contributed by atoms with Crippen molar-refractivity contribution in [2.45, 2.75) is 46.1 Å². The second kappa shape index (κ2) is 7.73. The summed E-state index contributed by atoms with van der Waals surface area (Å²) < 4.78 is 0. The third-order valence-corrected chi connectivity index (χ3v) is 5.10. The minimum atomic E-state index is 0.113. The lowest BCUT2D eigenvalue weighted by atomic mass is 10.0. The van der Waals surface area contributed by atoms with Crippen molar-refractivity contribution in [2.75, 3.05) is 18.0 Å². The van der Waals surface area contributed by atoms with E-state index in [0.717, 1.165) is 31.5 Å². The van der Waals surface area contributed by atoms with Crippen molar-refractivity contribution >= 4 is 11.6 Å². The van der Waals surface area contributed by atoms with Crippen LogP contribution in [0, 0.1) is 13.8 Å².